The zero-order chi connectivity index (χ0) is 16.9. The molecule has 24 heavy (non-hydrogen) atoms. The molecule has 1 aliphatic heterocycles. The second kappa shape index (κ2) is 7.45. The SMILES string of the molecule is O=C(OCCC(=O)N1CCCc2ccccc21)c1cccnc1Cl. The van der Waals surface area contributed by atoms with Crippen LogP contribution in [0.2, 0.25) is 5.15 Å². The van der Waals surface area contributed by atoms with Crippen LogP contribution in [0.15, 0.2) is 42.6 Å². The average molecular weight is 345 g/mol. The number of esters is 1. The fourth-order valence-electron chi connectivity index (χ4n) is 2.77. The number of rotatable bonds is 4. The number of aromatic nitrogens is 1. The number of ether oxygens (including phenoxy) is 1. The van der Waals surface area contributed by atoms with Gasteiger partial charge in [-0.25, -0.2) is 9.78 Å². The van der Waals surface area contributed by atoms with Gasteiger partial charge in [0.1, 0.15) is 11.8 Å². The third-order valence-electron chi connectivity index (χ3n) is 3.94. The number of nitrogens with zero attached hydrogens (tertiary/aromatic N) is 2. The van der Waals surface area contributed by atoms with Crippen molar-refractivity contribution in [3.63, 3.8) is 0 Å². The summed E-state index contributed by atoms with van der Waals surface area (Å²) in [6.07, 6.45) is 3.55. The van der Waals surface area contributed by atoms with Crippen molar-refractivity contribution in [1.82, 2.24) is 4.98 Å². The minimum atomic E-state index is -0.569. The molecule has 3 rings (SSSR count). The molecule has 124 valence electrons. The molecule has 6 heteroatoms. The van der Waals surface area contributed by atoms with E-state index < -0.39 is 5.97 Å². The molecule has 0 atom stereocenters. The lowest BCUT2D eigenvalue weighted by Gasteiger charge is -2.29. The second-order valence-corrected chi connectivity index (χ2v) is 5.86. The average Bonchev–Trinajstić information content (AvgIpc) is 2.61. The fourth-order valence-corrected chi connectivity index (χ4v) is 2.97. The van der Waals surface area contributed by atoms with Gasteiger partial charge in [0.25, 0.3) is 0 Å². The number of carbonyl (C=O) groups is 2. The molecule has 0 saturated heterocycles. The Morgan fingerprint density at radius 2 is 2.04 bits per heavy atom. The molecule has 0 spiro atoms. The molecule has 1 aliphatic rings. The van der Waals surface area contributed by atoms with Crippen LogP contribution in [0.5, 0.6) is 0 Å². The molecule has 0 aliphatic carbocycles. The summed E-state index contributed by atoms with van der Waals surface area (Å²) >= 11 is 5.85. The van der Waals surface area contributed by atoms with E-state index in [2.05, 4.69) is 4.98 Å². The highest BCUT2D eigenvalue weighted by atomic mass is 35.5. The number of aryl methyl sites for hydroxylation is 1. The maximum atomic E-state index is 12.4. The highest BCUT2D eigenvalue weighted by Gasteiger charge is 2.22. The number of anilines is 1. The van der Waals surface area contributed by atoms with Crippen LogP contribution in [-0.2, 0) is 16.0 Å². The van der Waals surface area contributed by atoms with Gasteiger partial charge in [0.2, 0.25) is 5.91 Å². The van der Waals surface area contributed by atoms with Crippen LogP contribution in [0.4, 0.5) is 5.69 Å². The number of para-hydroxylation sites is 1. The van der Waals surface area contributed by atoms with Gasteiger partial charge in [-0.3, -0.25) is 4.79 Å². The maximum absolute atomic E-state index is 12.4. The molecule has 1 aromatic carbocycles. The number of pyridine rings is 1. The first-order valence-corrected chi connectivity index (χ1v) is 8.20. The largest absolute Gasteiger partial charge is 0.461 e. The van der Waals surface area contributed by atoms with Crippen molar-refractivity contribution in [2.45, 2.75) is 19.3 Å². The summed E-state index contributed by atoms with van der Waals surface area (Å²) in [5, 5.41) is 0.0961. The summed E-state index contributed by atoms with van der Waals surface area (Å²) in [4.78, 5) is 30.0. The molecule has 2 aromatic rings. The van der Waals surface area contributed by atoms with Gasteiger partial charge in [-0.1, -0.05) is 29.8 Å². The molecule has 1 aromatic heterocycles. The van der Waals surface area contributed by atoms with E-state index in [1.807, 2.05) is 24.3 Å². The smallest absolute Gasteiger partial charge is 0.341 e. The van der Waals surface area contributed by atoms with Crippen LogP contribution in [0.3, 0.4) is 0 Å². The van der Waals surface area contributed by atoms with E-state index in [-0.39, 0.29) is 29.7 Å². The van der Waals surface area contributed by atoms with Gasteiger partial charge in [-0.2, -0.15) is 0 Å². The first kappa shape index (κ1) is 16.5. The van der Waals surface area contributed by atoms with Crippen molar-refractivity contribution < 1.29 is 14.3 Å². The van der Waals surface area contributed by atoms with Crippen molar-refractivity contribution in [3.8, 4) is 0 Å². The lowest BCUT2D eigenvalue weighted by Crippen LogP contribution is -2.36. The number of fused-ring (bicyclic) bond motifs is 1. The lowest BCUT2D eigenvalue weighted by molar-refractivity contribution is -0.119. The number of hydrogen-bond acceptors (Lipinski definition) is 4. The standard InChI is InChI=1S/C18H17ClN2O3/c19-17-14(7-3-10-20-17)18(23)24-12-9-16(22)21-11-4-6-13-5-1-2-8-15(13)21/h1-3,5,7-8,10H,4,6,9,11-12H2. The van der Waals surface area contributed by atoms with Crippen molar-refractivity contribution in [2.24, 2.45) is 0 Å². The van der Waals surface area contributed by atoms with Gasteiger partial charge in [0.15, 0.2) is 0 Å². The summed E-state index contributed by atoms with van der Waals surface area (Å²) in [5.41, 5.74) is 2.33. The molecule has 0 radical (unpaired) electrons. The lowest BCUT2D eigenvalue weighted by atomic mass is 10.0. The predicted octanol–water partition coefficient (Wildman–Crippen LogP) is 3.26. The molecule has 0 N–H and O–H groups in total. The molecule has 2 heterocycles. The van der Waals surface area contributed by atoms with Crippen LogP contribution in [-0.4, -0.2) is 30.0 Å². The van der Waals surface area contributed by atoms with E-state index in [1.165, 1.54) is 11.8 Å². The number of benzene rings is 1. The number of halogens is 1. The summed E-state index contributed by atoms with van der Waals surface area (Å²) in [5.74, 6) is -0.618. The second-order valence-electron chi connectivity index (χ2n) is 5.51. The van der Waals surface area contributed by atoms with E-state index >= 15 is 0 Å². The van der Waals surface area contributed by atoms with E-state index in [1.54, 1.807) is 17.0 Å². The minimum Gasteiger partial charge on any atom is -0.461 e. The Morgan fingerprint density at radius 3 is 2.88 bits per heavy atom. The number of carbonyl (C=O) groups excluding carboxylic acids is 2. The van der Waals surface area contributed by atoms with Gasteiger partial charge < -0.3 is 9.64 Å². The Morgan fingerprint density at radius 1 is 1.21 bits per heavy atom. The molecule has 0 unspecified atom stereocenters. The fraction of sp³-hybridized carbons (Fsp3) is 0.278. The Balaban J connectivity index is 1.57. The molecule has 1 amide bonds. The van der Waals surface area contributed by atoms with E-state index in [4.69, 9.17) is 16.3 Å². The van der Waals surface area contributed by atoms with Crippen molar-refractivity contribution >= 4 is 29.2 Å². The van der Waals surface area contributed by atoms with E-state index in [0.717, 1.165) is 18.5 Å². The Bertz CT molecular complexity index is 763. The molecule has 0 saturated carbocycles. The number of hydrogen-bond donors (Lipinski definition) is 0. The van der Waals surface area contributed by atoms with Gasteiger partial charge >= 0.3 is 5.97 Å². The molecule has 0 bridgehead atoms. The van der Waals surface area contributed by atoms with Gasteiger partial charge in [0, 0.05) is 18.4 Å². The Kier molecular flexibility index (Phi) is 5.11. The zero-order valence-corrected chi connectivity index (χ0v) is 13.8. The first-order valence-electron chi connectivity index (χ1n) is 7.83. The van der Waals surface area contributed by atoms with Crippen molar-refractivity contribution in [2.75, 3.05) is 18.1 Å². The quantitative estimate of drug-likeness (QED) is 0.631. The summed E-state index contributed by atoms with van der Waals surface area (Å²) in [6.45, 7) is 0.708. The topological polar surface area (TPSA) is 59.5 Å². The summed E-state index contributed by atoms with van der Waals surface area (Å²) in [7, 11) is 0. The molecule has 0 fully saturated rings. The van der Waals surface area contributed by atoms with Crippen molar-refractivity contribution in [3.05, 3.63) is 58.9 Å². The molecular weight excluding hydrogens is 328 g/mol. The van der Waals surface area contributed by atoms with E-state index in [9.17, 15) is 9.59 Å². The minimum absolute atomic E-state index is 0.0154. The monoisotopic (exact) mass is 344 g/mol. The van der Waals surface area contributed by atoms with Crippen LogP contribution in [0, 0.1) is 0 Å². The normalized spacial score (nSPS) is 13.3. The highest BCUT2D eigenvalue weighted by molar-refractivity contribution is 6.32. The highest BCUT2D eigenvalue weighted by Crippen LogP contribution is 2.27. The Hall–Kier alpha value is -2.40. The third kappa shape index (κ3) is 3.57. The van der Waals surface area contributed by atoms with Crippen LogP contribution in [0.1, 0.15) is 28.8 Å². The Labute approximate surface area is 145 Å². The molecule has 5 nitrogen and oxygen atoms in total. The van der Waals surface area contributed by atoms with Crippen LogP contribution in [0.25, 0.3) is 0 Å². The summed E-state index contributed by atoms with van der Waals surface area (Å²) < 4.78 is 5.15. The zero-order valence-electron chi connectivity index (χ0n) is 13.1. The predicted molar refractivity (Wildman–Crippen MR) is 91.3 cm³/mol. The van der Waals surface area contributed by atoms with Crippen LogP contribution < -0.4 is 4.90 Å². The van der Waals surface area contributed by atoms with Gasteiger partial charge in [-0.05, 0) is 36.6 Å². The molecular formula is C18H17ClN2O3. The van der Waals surface area contributed by atoms with Gasteiger partial charge in [0.05, 0.1) is 12.0 Å². The first-order chi connectivity index (χ1) is 11.7. The van der Waals surface area contributed by atoms with Crippen LogP contribution >= 0.6 is 11.6 Å². The van der Waals surface area contributed by atoms with Crippen molar-refractivity contribution in [1.29, 1.82) is 0 Å². The van der Waals surface area contributed by atoms with E-state index in [0.29, 0.717) is 6.54 Å². The van der Waals surface area contributed by atoms with Gasteiger partial charge in [-0.15, -0.1) is 0 Å². The summed E-state index contributed by atoms with van der Waals surface area (Å²) in [6, 6.07) is 11.0. The third-order valence-corrected chi connectivity index (χ3v) is 4.24. The maximum Gasteiger partial charge on any atom is 0.341 e. The number of amides is 1.